The Labute approximate surface area is 135 Å². The summed E-state index contributed by atoms with van der Waals surface area (Å²) in [5.74, 6) is 0.905. The van der Waals surface area contributed by atoms with Crippen molar-refractivity contribution in [3.05, 3.63) is 47.6 Å². The van der Waals surface area contributed by atoms with Gasteiger partial charge in [0.15, 0.2) is 9.84 Å². The fraction of sp³-hybridized carbons (Fsp3) is 0.267. The molecule has 118 valence electrons. The van der Waals surface area contributed by atoms with Gasteiger partial charge < -0.3 is 10.1 Å². The first kappa shape index (κ1) is 16.6. The van der Waals surface area contributed by atoms with E-state index in [0.29, 0.717) is 23.1 Å². The number of sulfone groups is 1. The van der Waals surface area contributed by atoms with Gasteiger partial charge in [0, 0.05) is 12.5 Å². The molecule has 22 heavy (non-hydrogen) atoms. The molecule has 7 heteroatoms. The largest absolute Gasteiger partial charge is 0.487 e. The zero-order chi connectivity index (χ0) is 16.2. The minimum absolute atomic E-state index is 0.167. The molecule has 0 saturated heterocycles. The predicted molar refractivity (Wildman–Crippen MR) is 87.4 cm³/mol. The van der Waals surface area contributed by atoms with Gasteiger partial charge in [-0.1, -0.05) is 23.7 Å². The molecule has 1 heterocycles. The lowest BCUT2D eigenvalue weighted by molar-refractivity contribution is 0.234. The van der Waals surface area contributed by atoms with Crippen LogP contribution in [0.4, 0.5) is 5.82 Å². The van der Waals surface area contributed by atoms with Crippen LogP contribution in [-0.2, 0) is 9.84 Å². The maximum absolute atomic E-state index is 11.7. The number of ether oxygens (including phenoxy) is 1. The summed E-state index contributed by atoms with van der Waals surface area (Å²) in [7, 11) is -3.33. The van der Waals surface area contributed by atoms with E-state index in [1.807, 2.05) is 19.1 Å². The molecule has 1 N–H and O–H groups in total. The van der Waals surface area contributed by atoms with E-state index in [1.165, 1.54) is 12.3 Å². The third kappa shape index (κ3) is 4.35. The molecule has 0 amide bonds. The zero-order valence-corrected chi connectivity index (χ0v) is 13.9. The van der Waals surface area contributed by atoms with Crippen molar-refractivity contribution < 1.29 is 13.2 Å². The van der Waals surface area contributed by atoms with Gasteiger partial charge in [-0.2, -0.15) is 0 Å². The summed E-state index contributed by atoms with van der Waals surface area (Å²) in [6, 6.07) is 10.3. The normalized spacial score (nSPS) is 12.7. The van der Waals surface area contributed by atoms with Crippen LogP contribution in [0.1, 0.15) is 6.92 Å². The van der Waals surface area contributed by atoms with Gasteiger partial charge in [-0.05, 0) is 31.2 Å². The Morgan fingerprint density at radius 1 is 1.27 bits per heavy atom. The molecular formula is C15H17ClN2O3S. The number of benzene rings is 1. The molecule has 0 radical (unpaired) electrons. The number of rotatable bonds is 6. The number of nitrogens with one attached hydrogen (secondary N) is 1. The maximum Gasteiger partial charge on any atom is 0.179 e. The molecule has 1 atom stereocenters. The number of halogens is 1. The molecule has 0 aliphatic carbocycles. The Kier molecular flexibility index (Phi) is 5.26. The molecule has 0 saturated carbocycles. The van der Waals surface area contributed by atoms with Crippen molar-refractivity contribution >= 4 is 27.3 Å². The van der Waals surface area contributed by atoms with E-state index in [4.69, 9.17) is 16.3 Å². The highest BCUT2D eigenvalue weighted by Gasteiger charge is 2.15. The number of hydrogen-bond acceptors (Lipinski definition) is 5. The highest BCUT2D eigenvalue weighted by Crippen LogP contribution is 2.24. The minimum Gasteiger partial charge on any atom is -0.487 e. The first-order valence-electron chi connectivity index (χ1n) is 6.68. The van der Waals surface area contributed by atoms with E-state index in [1.54, 1.807) is 18.2 Å². The van der Waals surface area contributed by atoms with Crippen molar-refractivity contribution in [2.24, 2.45) is 0 Å². The number of hydrogen-bond donors (Lipinski definition) is 1. The number of aromatic nitrogens is 1. The van der Waals surface area contributed by atoms with E-state index < -0.39 is 9.84 Å². The van der Waals surface area contributed by atoms with Crippen LogP contribution < -0.4 is 10.1 Å². The van der Waals surface area contributed by atoms with Gasteiger partial charge in [-0.3, -0.25) is 0 Å². The zero-order valence-electron chi connectivity index (χ0n) is 12.3. The van der Waals surface area contributed by atoms with Crippen LogP contribution in [0.15, 0.2) is 47.5 Å². The highest BCUT2D eigenvalue weighted by atomic mass is 35.5. The lowest BCUT2D eigenvalue weighted by atomic mass is 10.3. The van der Waals surface area contributed by atoms with Crippen LogP contribution in [0.2, 0.25) is 5.02 Å². The molecular weight excluding hydrogens is 324 g/mol. The van der Waals surface area contributed by atoms with Crippen LogP contribution in [0.25, 0.3) is 0 Å². The standard InChI is InChI=1S/C15H17ClN2O3S/c1-11(21-13-7-4-3-6-12(13)16)10-18-15-14(22(2,19)20)8-5-9-17-15/h3-9,11H,10H2,1-2H3,(H,17,18). The SMILES string of the molecule is CC(CNc1ncccc1S(C)(=O)=O)Oc1ccccc1Cl. The fourth-order valence-corrected chi connectivity index (χ4v) is 2.84. The van der Waals surface area contributed by atoms with Gasteiger partial charge >= 0.3 is 0 Å². The third-order valence-electron chi connectivity index (χ3n) is 2.89. The molecule has 1 unspecified atom stereocenters. The number of nitrogens with zero attached hydrogens (tertiary/aromatic N) is 1. The van der Waals surface area contributed by atoms with Crippen molar-refractivity contribution in [2.75, 3.05) is 18.1 Å². The molecule has 0 aliphatic heterocycles. The molecule has 0 aliphatic rings. The van der Waals surface area contributed by atoms with E-state index >= 15 is 0 Å². The van der Waals surface area contributed by atoms with Crippen LogP contribution >= 0.6 is 11.6 Å². The van der Waals surface area contributed by atoms with Crippen LogP contribution in [-0.4, -0.2) is 32.3 Å². The molecule has 2 aromatic rings. The Morgan fingerprint density at radius 2 is 2.00 bits per heavy atom. The lowest BCUT2D eigenvalue weighted by Crippen LogP contribution is -2.24. The molecule has 1 aromatic heterocycles. The van der Waals surface area contributed by atoms with Crippen molar-refractivity contribution in [1.29, 1.82) is 0 Å². The quantitative estimate of drug-likeness (QED) is 0.875. The van der Waals surface area contributed by atoms with Gasteiger partial charge in [-0.15, -0.1) is 0 Å². The van der Waals surface area contributed by atoms with Gasteiger partial charge in [-0.25, -0.2) is 13.4 Å². The topological polar surface area (TPSA) is 68.3 Å². The summed E-state index contributed by atoms with van der Waals surface area (Å²) in [6.45, 7) is 2.25. The fourth-order valence-electron chi connectivity index (χ4n) is 1.86. The third-order valence-corrected chi connectivity index (χ3v) is 4.33. The molecule has 2 rings (SSSR count). The molecule has 0 bridgehead atoms. The number of para-hydroxylation sites is 1. The second-order valence-corrected chi connectivity index (χ2v) is 7.25. The first-order valence-corrected chi connectivity index (χ1v) is 8.95. The van der Waals surface area contributed by atoms with Crippen molar-refractivity contribution in [3.8, 4) is 5.75 Å². The summed E-state index contributed by atoms with van der Waals surface area (Å²) in [5.41, 5.74) is 0. The van der Waals surface area contributed by atoms with Gasteiger partial charge in [0.25, 0.3) is 0 Å². The first-order chi connectivity index (χ1) is 10.4. The second kappa shape index (κ2) is 6.98. The molecule has 1 aromatic carbocycles. The van der Waals surface area contributed by atoms with E-state index in [0.717, 1.165) is 6.26 Å². The Hall–Kier alpha value is -1.79. The Bertz CT molecular complexity index is 750. The second-order valence-electron chi connectivity index (χ2n) is 4.86. The van der Waals surface area contributed by atoms with E-state index in [-0.39, 0.29) is 11.0 Å². The maximum atomic E-state index is 11.7. The summed E-state index contributed by atoms with van der Waals surface area (Å²) in [6.07, 6.45) is 2.48. The van der Waals surface area contributed by atoms with Crippen LogP contribution in [0.5, 0.6) is 5.75 Å². The Balaban J connectivity index is 2.03. The van der Waals surface area contributed by atoms with Crippen molar-refractivity contribution in [1.82, 2.24) is 4.98 Å². The summed E-state index contributed by atoms with van der Waals surface area (Å²) in [4.78, 5) is 4.24. The van der Waals surface area contributed by atoms with Crippen molar-refractivity contribution in [2.45, 2.75) is 17.9 Å². The summed E-state index contributed by atoms with van der Waals surface area (Å²) >= 11 is 6.03. The van der Waals surface area contributed by atoms with Crippen LogP contribution in [0, 0.1) is 0 Å². The minimum atomic E-state index is -3.33. The molecule has 0 spiro atoms. The van der Waals surface area contributed by atoms with E-state index in [2.05, 4.69) is 10.3 Å². The summed E-state index contributed by atoms with van der Waals surface area (Å²) < 4.78 is 29.1. The van der Waals surface area contributed by atoms with Gasteiger partial charge in [0.2, 0.25) is 0 Å². The highest BCUT2D eigenvalue weighted by molar-refractivity contribution is 7.90. The number of anilines is 1. The molecule has 5 nitrogen and oxygen atoms in total. The summed E-state index contributed by atoms with van der Waals surface area (Å²) in [5, 5.41) is 3.53. The monoisotopic (exact) mass is 340 g/mol. The number of pyridine rings is 1. The average Bonchev–Trinajstić information content (AvgIpc) is 2.47. The predicted octanol–water partition coefficient (Wildman–Crippen LogP) is 3.02. The smallest absolute Gasteiger partial charge is 0.179 e. The average molecular weight is 341 g/mol. The van der Waals surface area contributed by atoms with Crippen molar-refractivity contribution in [3.63, 3.8) is 0 Å². The van der Waals surface area contributed by atoms with Crippen LogP contribution in [0.3, 0.4) is 0 Å². The van der Waals surface area contributed by atoms with Gasteiger partial charge in [0.05, 0.1) is 11.6 Å². The van der Waals surface area contributed by atoms with E-state index in [9.17, 15) is 8.42 Å². The molecule has 0 fully saturated rings. The van der Waals surface area contributed by atoms with Gasteiger partial charge in [0.1, 0.15) is 22.6 Å². The Morgan fingerprint density at radius 3 is 2.68 bits per heavy atom. The lowest BCUT2D eigenvalue weighted by Gasteiger charge is -2.17.